The molecule has 3 aliphatic rings. The van der Waals surface area contributed by atoms with Gasteiger partial charge in [-0.2, -0.15) is 0 Å². The summed E-state index contributed by atoms with van der Waals surface area (Å²) in [5.41, 5.74) is 2.84. The van der Waals surface area contributed by atoms with Crippen LogP contribution in [0.4, 0.5) is 4.79 Å². The molecule has 7 nitrogen and oxygen atoms in total. The molecule has 2 saturated carbocycles. The highest BCUT2D eigenvalue weighted by Crippen LogP contribution is 2.45. The lowest BCUT2D eigenvalue weighted by Gasteiger charge is -2.35. The lowest BCUT2D eigenvalue weighted by atomic mass is 9.94. The van der Waals surface area contributed by atoms with Crippen molar-refractivity contribution >= 4 is 18.0 Å². The number of fused-ring (bicyclic) bond motifs is 3. The van der Waals surface area contributed by atoms with E-state index in [4.69, 9.17) is 4.74 Å². The quantitative estimate of drug-likeness (QED) is 0.640. The number of carbonyl (C=O) groups excluding carboxylic acids is 2. The predicted molar refractivity (Wildman–Crippen MR) is 126 cm³/mol. The van der Waals surface area contributed by atoms with Crippen LogP contribution in [0.3, 0.4) is 0 Å². The molecule has 7 heteroatoms. The molecular formula is C27H30N2O5. The van der Waals surface area contributed by atoms with Gasteiger partial charge in [-0.05, 0) is 47.9 Å². The Morgan fingerprint density at radius 3 is 2.06 bits per heavy atom. The minimum atomic E-state index is -1.13. The Hall–Kier alpha value is -3.35. The van der Waals surface area contributed by atoms with Crippen molar-refractivity contribution in [3.8, 4) is 11.1 Å². The first-order valence-electron chi connectivity index (χ1n) is 12.0. The third kappa shape index (κ3) is 3.83. The number of likely N-dealkylation sites (N-methyl/N-ethyl adjacent to an activating group) is 1. The number of carboxylic acids is 1. The molecule has 0 unspecified atom stereocenters. The second-order valence-corrected chi connectivity index (χ2v) is 9.90. The van der Waals surface area contributed by atoms with Gasteiger partial charge in [-0.15, -0.1) is 0 Å². The molecule has 0 radical (unpaired) electrons. The number of hydrogen-bond acceptors (Lipinski definition) is 4. The number of amides is 2. The number of nitrogens with one attached hydrogen (secondary N) is 1. The van der Waals surface area contributed by atoms with Crippen LogP contribution in [-0.4, -0.2) is 52.7 Å². The Morgan fingerprint density at radius 1 is 0.971 bits per heavy atom. The fourth-order valence-electron chi connectivity index (χ4n) is 5.65. The highest BCUT2D eigenvalue weighted by atomic mass is 16.5. The Bertz CT molecular complexity index is 1090. The normalized spacial score (nSPS) is 19.1. The van der Waals surface area contributed by atoms with Gasteiger partial charge in [-0.25, -0.2) is 9.59 Å². The first-order valence-corrected chi connectivity index (χ1v) is 12.0. The Balaban J connectivity index is 1.21. The molecule has 3 aliphatic carbocycles. The molecule has 0 saturated heterocycles. The van der Waals surface area contributed by atoms with Gasteiger partial charge in [-0.1, -0.05) is 61.4 Å². The number of alkyl carbamates (subject to hydrolysis) is 1. The molecule has 0 bridgehead atoms. The molecule has 5 rings (SSSR count). The molecule has 34 heavy (non-hydrogen) atoms. The Labute approximate surface area is 199 Å². The Kier molecular flexibility index (Phi) is 5.58. The Morgan fingerprint density at radius 2 is 1.53 bits per heavy atom. The van der Waals surface area contributed by atoms with E-state index >= 15 is 0 Å². The predicted octanol–water partition coefficient (Wildman–Crippen LogP) is 4.30. The van der Waals surface area contributed by atoms with Gasteiger partial charge in [0.25, 0.3) is 0 Å². The van der Waals surface area contributed by atoms with Gasteiger partial charge in [0.2, 0.25) is 5.91 Å². The second-order valence-electron chi connectivity index (χ2n) is 9.90. The topological polar surface area (TPSA) is 95.9 Å². The maximum absolute atomic E-state index is 13.0. The molecule has 178 valence electrons. The van der Waals surface area contributed by atoms with Crippen molar-refractivity contribution < 1.29 is 24.2 Å². The highest BCUT2D eigenvalue weighted by molar-refractivity contribution is 5.88. The number of carboxylic acid groups (broad SMARTS) is 1. The standard InChI is InChI=1S/C27H30N2O5/c1-29(27(24(31)32)12-6-7-13-27)23(30)16-26(14-15-26)28-25(33)34-17-22-20-10-4-2-8-18(20)19-9-3-5-11-21(19)22/h2-5,8-11,22H,6-7,12-17H2,1H3,(H,28,33)(H,31,32). The molecule has 2 N–H and O–H groups in total. The van der Waals surface area contributed by atoms with Crippen molar-refractivity contribution in [1.29, 1.82) is 0 Å². The van der Waals surface area contributed by atoms with E-state index in [1.807, 2.05) is 24.3 Å². The van der Waals surface area contributed by atoms with E-state index in [9.17, 15) is 19.5 Å². The SMILES string of the molecule is CN(C(=O)CC1(NC(=O)OCC2c3ccccc3-c3ccccc32)CC1)C1(C(=O)O)CCCC1. The number of aliphatic carboxylic acids is 1. The molecule has 0 spiro atoms. The van der Waals surface area contributed by atoms with Gasteiger partial charge in [0, 0.05) is 13.0 Å². The monoisotopic (exact) mass is 462 g/mol. The molecule has 2 aromatic rings. The van der Waals surface area contributed by atoms with Crippen molar-refractivity contribution in [2.24, 2.45) is 0 Å². The fourth-order valence-corrected chi connectivity index (χ4v) is 5.65. The summed E-state index contributed by atoms with van der Waals surface area (Å²) in [6.07, 6.45) is 3.44. The van der Waals surface area contributed by atoms with E-state index < -0.39 is 23.1 Å². The minimum absolute atomic E-state index is 0.0288. The first-order chi connectivity index (χ1) is 16.4. The summed E-state index contributed by atoms with van der Waals surface area (Å²) < 4.78 is 5.65. The van der Waals surface area contributed by atoms with Gasteiger partial charge in [0.1, 0.15) is 12.1 Å². The molecule has 2 fully saturated rings. The zero-order valence-corrected chi connectivity index (χ0v) is 19.4. The summed E-state index contributed by atoms with van der Waals surface area (Å²) >= 11 is 0. The summed E-state index contributed by atoms with van der Waals surface area (Å²) in [6.45, 7) is 0.214. The van der Waals surface area contributed by atoms with Gasteiger partial charge < -0.3 is 20.1 Å². The number of nitrogens with zero attached hydrogens (tertiary/aromatic N) is 1. The van der Waals surface area contributed by atoms with E-state index in [1.165, 1.54) is 16.0 Å². The van der Waals surface area contributed by atoms with Crippen LogP contribution in [0.2, 0.25) is 0 Å². The number of rotatable bonds is 7. The lowest BCUT2D eigenvalue weighted by molar-refractivity contribution is -0.157. The van der Waals surface area contributed by atoms with Crippen LogP contribution >= 0.6 is 0 Å². The van der Waals surface area contributed by atoms with Crippen molar-refractivity contribution in [1.82, 2.24) is 10.2 Å². The lowest BCUT2D eigenvalue weighted by Crippen LogP contribution is -2.55. The smallest absolute Gasteiger partial charge is 0.407 e. The van der Waals surface area contributed by atoms with Crippen LogP contribution in [0.15, 0.2) is 48.5 Å². The summed E-state index contributed by atoms with van der Waals surface area (Å²) in [6, 6.07) is 16.3. The van der Waals surface area contributed by atoms with Gasteiger partial charge >= 0.3 is 12.1 Å². The molecule has 0 heterocycles. The third-order valence-electron chi connectivity index (χ3n) is 7.90. The molecule has 0 aliphatic heterocycles. The van der Waals surface area contributed by atoms with Crippen molar-refractivity contribution in [2.45, 2.75) is 61.9 Å². The van der Waals surface area contributed by atoms with Crippen LogP contribution in [0.5, 0.6) is 0 Å². The van der Waals surface area contributed by atoms with E-state index in [2.05, 4.69) is 29.6 Å². The molecule has 0 aromatic heterocycles. The number of benzene rings is 2. The van der Waals surface area contributed by atoms with Crippen molar-refractivity contribution in [2.75, 3.05) is 13.7 Å². The third-order valence-corrected chi connectivity index (χ3v) is 7.90. The first kappa shape index (κ1) is 22.4. The van der Waals surface area contributed by atoms with Gasteiger partial charge in [0.05, 0.1) is 12.0 Å². The van der Waals surface area contributed by atoms with Crippen LogP contribution < -0.4 is 5.32 Å². The van der Waals surface area contributed by atoms with Crippen LogP contribution in [0.1, 0.15) is 62.0 Å². The van der Waals surface area contributed by atoms with Gasteiger partial charge in [-0.3, -0.25) is 4.79 Å². The van der Waals surface area contributed by atoms with E-state index in [0.717, 1.165) is 24.0 Å². The number of ether oxygens (including phenoxy) is 1. The highest BCUT2D eigenvalue weighted by Gasteiger charge is 2.51. The largest absolute Gasteiger partial charge is 0.479 e. The molecule has 2 amide bonds. The summed E-state index contributed by atoms with van der Waals surface area (Å²) in [4.78, 5) is 39.0. The van der Waals surface area contributed by atoms with Crippen molar-refractivity contribution in [3.63, 3.8) is 0 Å². The molecular weight excluding hydrogens is 432 g/mol. The average Bonchev–Trinajstić information content (AvgIpc) is 3.27. The fraction of sp³-hybridized carbons (Fsp3) is 0.444. The van der Waals surface area contributed by atoms with E-state index in [0.29, 0.717) is 25.7 Å². The zero-order valence-electron chi connectivity index (χ0n) is 19.4. The second kappa shape index (κ2) is 8.46. The summed E-state index contributed by atoms with van der Waals surface area (Å²) in [5, 5.41) is 12.7. The summed E-state index contributed by atoms with van der Waals surface area (Å²) in [5.74, 6) is -1.23. The number of hydrogen-bond donors (Lipinski definition) is 2. The van der Waals surface area contributed by atoms with Crippen LogP contribution in [0, 0.1) is 0 Å². The van der Waals surface area contributed by atoms with Gasteiger partial charge in [0.15, 0.2) is 0 Å². The summed E-state index contributed by atoms with van der Waals surface area (Å²) in [7, 11) is 1.57. The molecule has 2 aromatic carbocycles. The van der Waals surface area contributed by atoms with E-state index in [-0.39, 0.29) is 24.9 Å². The average molecular weight is 463 g/mol. The van der Waals surface area contributed by atoms with Crippen LogP contribution in [-0.2, 0) is 14.3 Å². The molecule has 0 atom stereocenters. The minimum Gasteiger partial charge on any atom is -0.479 e. The maximum atomic E-state index is 13.0. The maximum Gasteiger partial charge on any atom is 0.407 e. The number of carbonyl (C=O) groups is 3. The van der Waals surface area contributed by atoms with Crippen LogP contribution in [0.25, 0.3) is 11.1 Å². The van der Waals surface area contributed by atoms with E-state index in [1.54, 1.807) is 7.05 Å². The van der Waals surface area contributed by atoms with Crippen molar-refractivity contribution in [3.05, 3.63) is 59.7 Å². The zero-order chi connectivity index (χ0) is 23.9.